The molecule has 0 spiro atoms. The molecule has 0 aliphatic heterocycles. The van der Waals surface area contributed by atoms with Gasteiger partial charge in [0, 0.05) is 11.6 Å². The van der Waals surface area contributed by atoms with E-state index in [1.807, 2.05) is 0 Å². The normalized spacial score (nSPS) is 13.7. The summed E-state index contributed by atoms with van der Waals surface area (Å²) in [5.74, 6) is 0.370. The summed E-state index contributed by atoms with van der Waals surface area (Å²) in [5, 5.41) is 11.9. The van der Waals surface area contributed by atoms with Crippen LogP contribution in [0.4, 0.5) is 0 Å². The third-order valence-corrected chi connectivity index (χ3v) is 2.92. The number of rotatable bonds is 7. The second kappa shape index (κ2) is 6.96. The van der Waals surface area contributed by atoms with Crippen molar-refractivity contribution in [2.75, 3.05) is 21.3 Å². The third kappa shape index (κ3) is 3.84. The van der Waals surface area contributed by atoms with Gasteiger partial charge in [0.2, 0.25) is 0 Å². The van der Waals surface area contributed by atoms with E-state index in [9.17, 15) is 4.79 Å². The van der Waals surface area contributed by atoms with Crippen molar-refractivity contribution in [1.82, 2.24) is 5.32 Å². The molecule has 0 saturated heterocycles. The number of hydrogen-bond donors (Lipinski definition) is 3. The molecule has 1 aromatic carbocycles. The van der Waals surface area contributed by atoms with Crippen molar-refractivity contribution in [1.29, 1.82) is 0 Å². The van der Waals surface area contributed by atoms with Crippen LogP contribution in [0.5, 0.6) is 11.5 Å². The van der Waals surface area contributed by atoms with Crippen molar-refractivity contribution in [3.8, 4) is 11.5 Å². The van der Waals surface area contributed by atoms with Crippen molar-refractivity contribution < 1.29 is 19.4 Å². The summed E-state index contributed by atoms with van der Waals surface area (Å²) in [6.45, 7) is 0. The van der Waals surface area contributed by atoms with Crippen LogP contribution in [0, 0.1) is 0 Å². The fourth-order valence-electron chi connectivity index (χ4n) is 2.00. The van der Waals surface area contributed by atoms with Gasteiger partial charge in [-0.1, -0.05) is 0 Å². The number of aliphatic carboxylic acids is 1. The van der Waals surface area contributed by atoms with E-state index in [1.54, 1.807) is 39.5 Å². The largest absolute Gasteiger partial charge is 0.497 e. The van der Waals surface area contributed by atoms with Crippen LogP contribution in [-0.2, 0) is 4.79 Å². The zero-order valence-electron chi connectivity index (χ0n) is 11.3. The molecule has 19 heavy (non-hydrogen) atoms. The highest BCUT2D eigenvalue weighted by molar-refractivity contribution is 5.67. The number of methoxy groups -OCH3 is 2. The summed E-state index contributed by atoms with van der Waals surface area (Å²) in [6.07, 6.45) is -0.133. The van der Waals surface area contributed by atoms with Gasteiger partial charge in [0.1, 0.15) is 11.5 Å². The minimum atomic E-state index is -0.936. The van der Waals surface area contributed by atoms with Crippen LogP contribution in [0.25, 0.3) is 0 Å². The van der Waals surface area contributed by atoms with Gasteiger partial charge >= 0.3 is 5.97 Å². The summed E-state index contributed by atoms with van der Waals surface area (Å²) >= 11 is 0. The molecule has 1 aromatic rings. The van der Waals surface area contributed by atoms with Gasteiger partial charge in [0.15, 0.2) is 0 Å². The van der Waals surface area contributed by atoms with E-state index < -0.39 is 12.0 Å². The number of benzene rings is 1. The van der Waals surface area contributed by atoms with Gasteiger partial charge in [-0.2, -0.15) is 0 Å². The molecule has 1 rings (SSSR count). The van der Waals surface area contributed by atoms with E-state index >= 15 is 0 Å². The third-order valence-electron chi connectivity index (χ3n) is 2.92. The number of carbonyl (C=O) groups is 1. The SMILES string of the molecule is CNC(c1cc(OC)ccc1OC)C(N)CC(=O)O. The molecule has 0 aliphatic rings. The van der Waals surface area contributed by atoms with Crippen LogP contribution >= 0.6 is 0 Å². The first-order valence-electron chi connectivity index (χ1n) is 5.90. The maximum atomic E-state index is 10.8. The van der Waals surface area contributed by atoms with Crippen molar-refractivity contribution in [2.45, 2.75) is 18.5 Å². The van der Waals surface area contributed by atoms with Gasteiger partial charge in [0.05, 0.1) is 26.7 Å². The Morgan fingerprint density at radius 2 is 2.11 bits per heavy atom. The molecule has 0 fully saturated rings. The monoisotopic (exact) mass is 268 g/mol. The molecular formula is C13H20N2O4. The maximum absolute atomic E-state index is 10.8. The van der Waals surface area contributed by atoms with Crippen LogP contribution in [0.1, 0.15) is 18.0 Å². The minimum Gasteiger partial charge on any atom is -0.497 e. The maximum Gasteiger partial charge on any atom is 0.304 e. The van der Waals surface area contributed by atoms with E-state index in [4.69, 9.17) is 20.3 Å². The topological polar surface area (TPSA) is 93.8 Å². The predicted molar refractivity (Wildman–Crippen MR) is 71.6 cm³/mol. The first-order valence-corrected chi connectivity index (χ1v) is 5.90. The van der Waals surface area contributed by atoms with Crippen molar-refractivity contribution in [2.24, 2.45) is 5.73 Å². The number of nitrogens with one attached hydrogen (secondary N) is 1. The van der Waals surface area contributed by atoms with E-state index in [0.717, 1.165) is 5.56 Å². The Labute approximate surface area is 112 Å². The fraction of sp³-hybridized carbons (Fsp3) is 0.462. The number of carboxylic acid groups (broad SMARTS) is 1. The summed E-state index contributed by atoms with van der Waals surface area (Å²) in [6, 6.07) is 4.44. The smallest absolute Gasteiger partial charge is 0.304 e. The minimum absolute atomic E-state index is 0.133. The Balaban J connectivity index is 3.11. The average molecular weight is 268 g/mol. The molecule has 2 atom stereocenters. The second-order valence-electron chi connectivity index (χ2n) is 4.14. The number of carboxylic acids is 1. The second-order valence-corrected chi connectivity index (χ2v) is 4.14. The van der Waals surface area contributed by atoms with E-state index in [0.29, 0.717) is 11.5 Å². The molecule has 0 heterocycles. The molecule has 0 amide bonds. The lowest BCUT2D eigenvalue weighted by atomic mass is 9.96. The Hall–Kier alpha value is -1.79. The molecule has 0 radical (unpaired) electrons. The molecule has 0 bridgehead atoms. The van der Waals surface area contributed by atoms with Crippen LogP contribution in [0.15, 0.2) is 18.2 Å². The quantitative estimate of drug-likeness (QED) is 0.676. The Morgan fingerprint density at radius 1 is 1.42 bits per heavy atom. The van der Waals surface area contributed by atoms with Crippen molar-refractivity contribution >= 4 is 5.97 Å². The highest BCUT2D eigenvalue weighted by atomic mass is 16.5. The molecule has 106 valence electrons. The molecule has 0 aliphatic carbocycles. The van der Waals surface area contributed by atoms with E-state index in [2.05, 4.69) is 5.32 Å². The Bertz CT molecular complexity index is 437. The average Bonchev–Trinajstić information content (AvgIpc) is 2.38. The van der Waals surface area contributed by atoms with Crippen molar-refractivity contribution in [3.05, 3.63) is 23.8 Å². The summed E-state index contributed by atoms with van der Waals surface area (Å²) in [7, 11) is 4.85. The first kappa shape index (κ1) is 15.3. The van der Waals surface area contributed by atoms with Crippen LogP contribution < -0.4 is 20.5 Å². The summed E-state index contributed by atoms with van der Waals surface area (Å²) < 4.78 is 10.5. The van der Waals surface area contributed by atoms with E-state index in [1.165, 1.54) is 0 Å². The van der Waals surface area contributed by atoms with Gasteiger partial charge in [0.25, 0.3) is 0 Å². The molecule has 0 saturated carbocycles. The van der Waals surface area contributed by atoms with Gasteiger partial charge in [-0.25, -0.2) is 0 Å². The van der Waals surface area contributed by atoms with Crippen molar-refractivity contribution in [3.63, 3.8) is 0 Å². The number of likely N-dealkylation sites (N-methyl/N-ethyl adjacent to an activating group) is 1. The summed E-state index contributed by atoms with van der Waals surface area (Å²) in [5.41, 5.74) is 6.71. The zero-order chi connectivity index (χ0) is 14.4. The van der Waals surface area contributed by atoms with Gasteiger partial charge in [-0.15, -0.1) is 0 Å². The molecule has 6 nitrogen and oxygen atoms in total. The zero-order valence-corrected chi connectivity index (χ0v) is 11.3. The number of nitrogens with two attached hydrogens (primary N) is 1. The highest BCUT2D eigenvalue weighted by Gasteiger charge is 2.24. The molecule has 6 heteroatoms. The Morgan fingerprint density at radius 3 is 2.58 bits per heavy atom. The number of hydrogen-bond acceptors (Lipinski definition) is 5. The molecular weight excluding hydrogens is 248 g/mol. The first-order chi connectivity index (χ1) is 9.03. The van der Waals surface area contributed by atoms with Gasteiger partial charge < -0.3 is 25.6 Å². The standard InChI is InChI=1S/C13H20N2O4/c1-15-13(10(14)7-12(16)17)9-6-8(18-2)4-5-11(9)19-3/h4-6,10,13,15H,7,14H2,1-3H3,(H,16,17). The van der Waals surface area contributed by atoms with Crippen LogP contribution in [0.3, 0.4) is 0 Å². The number of ether oxygens (including phenoxy) is 2. The lowest BCUT2D eigenvalue weighted by molar-refractivity contribution is -0.137. The van der Waals surface area contributed by atoms with Crippen LogP contribution in [0.2, 0.25) is 0 Å². The Kier molecular flexibility index (Phi) is 5.59. The fourth-order valence-corrected chi connectivity index (χ4v) is 2.00. The van der Waals surface area contributed by atoms with Gasteiger partial charge in [-0.05, 0) is 25.2 Å². The molecule has 4 N–H and O–H groups in total. The summed E-state index contributed by atoms with van der Waals surface area (Å²) in [4.78, 5) is 10.8. The van der Waals surface area contributed by atoms with Crippen LogP contribution in [-0.4, -0.2) is 38.4 Å². The molecule has 2 unspecified atom stereocenters. The molecule has 0 aromatic heterocycles. The highest BCUT2D eigenvalue weighted by Crippen LogP contribution is 2.31. The lowest BCUT2D eigenvalue weighted by Crippen LogP contribution is -2.38. The predicted octanol–water partition coefficient (Wildman–Crippen LogP) is 0.766. The van der Waals surface area contributed by atoms with Gasteiger partial charge in [-0.3, -0.25) is 4.79 Å². The van der Waals surface area contributed by atoms with E-state index in [-0.39, 0.29) is 12.5 Å². The lowest BCUT2D eigenvalue weighted by Gasteiger charge is -2.24.